The molecule has 0 aliphatic heterocycles. The highest BCUT2D eigenvalue weighted by Crippen LogP contribution is 2.21. The van der Waals surface area contributed by atoms with E-state index in [9.17, 15) is 0 Å². The van der Waals surface area contributed by atoms with E-state index in [1.54, 1.807) is 0 Å². The van der Waals surface area contributed by atoms with Gasteiger partial charge in [0.1, 0.15) is 0 Å². The van der Waals surface area contributed by atoms with Crippen molar-refractivity contribution in [2.45, 2.75) is 61.6 Å². The van der Waals surface area contributed by atoms with Gasteiger partial charge in [0, 0.05) is 0 Å². The summed E-state index contributed by atoms with van der Waals surface area (Å²) in [5.74, 6) is 0. The van der Waals surface area contributed by atoms with Crippen LogP contribution in [-0.4, -0.2) is 25.2 Å². The summed E-state index contributed by atoms with van der Waals surface area (Å²) in [7, 11) is -5.51. The standard InChI is InChI=1S/C10H24O2Si3.3CH4/c1-9-13(3,4)11-15(7,8)12-14(5,6)10-2;;;/h9-10H,1-2H2,3-8H3;3*1H4. The van der Waals surface area contributed by atoms with Crippen LogP contribution in [0, 0.1) is 0 Å². The fraction of sp³-hybridized carbons (Fsp3) is 0.692. The van der Waals surface area contributed by atoms with E-state index in [2.05, 4.69) is 52.4 Å². The summed E-state index contributed by atoms with van der Waals surface area (Å²) in [6, 6.07) is 0. The molecular formula is C13H36O2Si3. The van der Waals surface area contributed by atoms with Crippen LogP contribution in [0.5, 0.6) is 0 Å². The van der Waals surface area contributed by atoms with Crippen molar-refractivity contribution in [3.63, 3.8) is 0 Å². The molecule has 0 aliphatic rings. The Balaban J connectivity index is -0.000000327. The first kappa shape index (κ1) is 26.6. The predicted molar refractivity (Wildman–Crippen MR) is 95.2 cm³/mol. The predicted octanol–water partition coefficient (Wildman–Crippen LogP) is 5.49. The molecule has 0 spiro atoms. The quantitative estimate of drug-likeness (QED) is 0.604. The molecule has 18 heavy (non-hydrogen) atoms. The van der Waals surface area contributed by atoms with Crippen LogP contribution in [0.3, 0.4) is 0 Å². The van der Waals surface area contributed by atoms with Crippen molar-refractivity contribution in [3.8, 4) is 0 Å². The molecule has 0 bridgehead atoms. The SMILES string of the molecule is C.C.C.C=C[Si](C)(C)O[Si](C)(C)O[Si](C)(C)C=C. The van der Waals surface area contributed by atoms with Crippen molar-refractivity contribution < 1.29 is 8.23 Å². The zero-order chi connectivity index (χ0) is 12.3. The van der Waals surface area contributed by atoms with Crippen molar-refractivity contribution in [3.05, 3.63) is 24.6 Å². The molecule has 5 heteroatoms. The first-order valence-corrected chi connectivity index (χ1v) is 14.0. The van der Waals surface area contributed by atoms with E-state index in [0.29, 0.717) is 0 Å². The number of hydrogen-bond donors (Lipinski definition) is 0. The normalized spacial score (nSPS) is 11.4. The van der Waals surface area contributed by atoms with Crippen molar-refractivity contribution >= 4 is 25.2 Å². The third-order valence-corrected chi connectivity index (χ3v) is 12.1. The maximum Gasteiger partial charge on any atom is 0.311 e. The summed E-state index contributed by atoms with van der Waals surface area (Å²) >= 11 is 0. The van der Waals surface area contributed by atoms with E-state index < -0.39 is 25.2 Å². The Bertz CT molecular complexity index is 225. The third-order valence-electron chi connectivity index (χ3n) is 2.00. The van der Waals surface area contributed by atoms with E-state index >= 15 is 0 Å². The summed E-state index contributed by atoms with van der Waals surface area (Å²) in [6.45, 7) is 20.4. The van der Waals surface area contributed by atoms with Gasteiger partial charge in [-0.25, -0.2) is 0 Å². The average molecular weight is 309 g/mol. The molecule has 0 radical (unpaired) electrons. The van der Waals surface area contributed by atoms with Crippen LogP contribution in [-0.2, 0) is 8.23 Å². The van der Waals surface area contributed by atoms with E-state index in [4.69, 9.17) is 8.23 Å². The Morgan fingerprint density at radius 2 is 0.889 bits per heavy atom. The lowest BCUT2D eigenvalue weighted by Crippen LogP contribution is -2.51. The fourth-order valence-corrected chi connectivity index (χ4v) is 12.7. The monoisotopic (exact) mass is 308 g/mol. The number of rotatable bonds is 6. The van der Waals surface area contributed by atoms with Crippen LogP contribution in [0.4, 0.5) is 0 Å². The summed E-state index contributed by atoms with van der Waals surface area (Å²) in [6.07, 6.45) is 0. The molecule has 0 aromatic carbocycles. The minimum absolute atomic E-state index is 0. The van der Waals surface area contributed by atoms with E-state index in [-0.39, 0.29) is 22.3 Å². The third kappa shape index (κ3) is 11.2. The minimum atomic E-state index is -2.04. The average Bonchev–Trinajstić information content (AvgIpc) is 2.00. The highest BCUT2D eigenvalue weighted by molar-refractivity contribution is 6.90. The highest BCUT2D eigenvalue weighted by atomic mass is 28.5. The molecular weight excluding hydrogens is 272 g/mol. The Kier molecular flexibility index (Phi) is 13.3. The summed E-state index contributed by atoms with van der Waals surface area (Å²) in [5.41, 5.74) is 3.90. The molecule has 0 aromatic heterocycles. The first-order chi connectivity index (χ1) is 6.54. The van der Waals surface area contributed by atoms with Gasteiger partial charge in [-0.1, -0.05) is 33.7 Å². The molecule has 0 aromatic rings. The zero-order valence-corrected chi connectivity index (χ0v) is 13.9. The van der Waals surface area contributed by atoms with E-state index in [1.165, 1.54) is 0 Å². The summed E-state index contributed by atoms with van der Waals surface area (Å²) in [5, 5.41) is 0. The summed E-state index contributed by atoms with van der Waals surface area (Å²) in [4.78, 5) is 0. The minimum Gasteiger partial charge on any atom is -0.433 e. The fourth-order valence-electron chi connectivity index (χ4n) is 1.37. The van der Waals surface area contributed by atoms with E-state index in [0.717, 1.165) is 0 Å². The van der Waals surface area contributed by atoms with Gasteiger partial charge in [0.05, 0.1) is 0 Å². The van der Waals surface area contributed by atoms with E-state index in [1.807, 2.05) is 11.4 Å². The van der Waals surface area contributed by atoms with Gasteiger partial charge >= 0.3 is 8.56 Å². The van der Waals surface area contributed by atoms with Gasteiger partial charge in [-0.15, -0.1) is 13.2 Å². The smallest absolute Gasteiger partial charge is 0.311 e. The van der Waals surface area contributed by atoms with Crippen LogP contribution >= 0.6 is 0 Å². The van der Waals surface area contributed by atoms with Crippen LogP contribution in [0.1, 0.15) is 22.3 Å². The van der Waals surface area contributed by atoms with Crippen LogP contribution in [0.2, 0.25) is 39.3 Å². The van der Waals surface area contributed by atoms with Gasteiger partial charge in [0.2, 0.25) is 0 Å². The second-order valence-corrected chi connectivity index (χ2v) is 16.9. The molecule has 0 atom stereocenters. The molecule has 0 heterocycles. The van der Waals surface area contributed by atoms with Crippen LogP contribution < -0.4 is 0 Å². The second-order valence-electron chi connectivity index (χ2n) is 5.22. The lowest BCUT2D eigenvalue weighted by atomic mass is 11.3. The maximum atomic E-state index is 6.14. The van der Waals surface area contributed by atoms with Gasteiger partial charge in [0.25, 0.3) is 0 Å². The van der Waals surface area contributed by atoms with Gasteiger partial charge in [0.15, 0.2) is 16.6 Å². The molecule has 2 nitrogen and oxygen atoms in total. The topological polar surface area (TPSA) is 18.5 Å². The van der Waals surface area contributed by atoms with Crippen molar-refractivity contribution in [2.75, 3.05) is 0 Å². The van der Waals surface area contributed by atoms with Crippen molar-refractivity contribution in [1.29, 1.82) is 0 Å². The Morgan fingerprint density at radius 1 is 0.667 bits per heavy atom. The molecule has 0 aliphatic carbocycles. The number of hydrogen-bond acceptors (Lipinski definition) is 2. The molecule has 0 N–H and O–H groups in total. The van der Waals surface area contributed by atoms with Crippen molar-refractivity contribution in [1.82, 2.24) is 0 Å². The first-order valence-electron chi connectivity index (χ1n) is 5.21. The van der Waals surface area contributed by atoms with Gasteiger partial charge in [-0.2, -0.15) is 0 Å². The molecule has 0 amide bonds. The zero-order valence-electron chi connectivity index (χ0n) is 10.9. The second kappa shape index (κ2) is 9.03. The van der Waals surface area contributed by atoms with Crippen LogP contribution in [0.25, 0.3) is 0 Å². The Morgan fingerprint density at radius 3 is 1.06 bits per heavy atom. The molecule has 0 saturated heterocycles. The van der Waals surface area contributed by atoms with Gasteiger partial charge < -0.3 is 8.23 Å². The molecule has 112 valence electrons. The maximum absolute atomic E-state index is 6.14. The molecule has 0 rings (SSSR count). The summed E-state index contributed by atoms with van der Waals surface area (Å²) < 4.78 is 12.3. The van der Waals surface area contributed by atoms with Gasteiger partial charge in [-0.05, 0) is 39.3 Å². The Labute approximate surface area is 120 Å². The molecule has 0 saturated carbocycles. The highest BCUT2D eigenvalue weighted by Gasteiger charge is 2.37. The lowest BCUT2D eigenvalue weighted by Gasteiger charge is -2.36. The lowest BCUT2D eigenvalue weighted by molar-refractivity contribution is 0.400. The Hall–Kier alpha value is 0.0506. The van der Waals surface area contributed by atoms with Crippen LogP contribution in [0.15, 0.2) is 24.6 Å². The van der Waals surface area contributed by atoms with Crippen molar-refractivity contribution in [2.24, 2.45) is 0 Å². The largest absolute Gasteiger partial charge is 0.433 e. The van der Waals surface area contributed by atoms with Gasteiger partial charge in [-0.3, -0.25) is 0 Å². The molecule has 0 unspecified atom stereocenters. The molecule has 0 fully saturated rings.